The van der Waals surface area contributed by atoms with Gasteiger partial charge in [0.1, 0.15) is 0 Å². The number of nitrogens with zero attached hydrogens (tertiary/aromatic N) is 1. The number of sulfonamides is 1. The van der Waals surface area contributed by atoms with Crippen LogP contribution >= 0.6 is 0 Å². The smallest absolute Gasteiger partial charge is 0.213 e. The standard InChI is InChI=1S/C6H8N2O2S/c1-2-3-5-8-11(9,10)6-4-7/h1,8H,3,5-6H2. The zero-order valence-corrected chi connectivity index (χ0v) is 6.69. The van der Waals surface area contributed by atoms with Gasteiger partial charge in [0.15, 0.2) is 5.75 Å². The summed E-state index contributed by atoms with van der Waals surface area (Å²) in [7, 11) is -3.41. The van der Waals surface area contributed by atoms with E-state index < -0.39 is 15.8 Å². The largest absolute Gasteiger partial charge is 0.225 e. The summed E-state index contributed by atoms with van der Waals surface area (Å²) in [6.45, 7) is 0.195. The fourth-order valence-electron chi connectivity index (χ4n) is 0.415. The van der Waals surface area contributed by atoms with Crippen molar-refractivity contribution < 1.29 is 8.42 Å². The molecule has 0 heterocycles. The maximum absolute atomic E-state index is 10.7. The molecule has 0 saturated heterocycles. The molecule has 0 unspecified atom stereocenters. The molecule has 0 radical (unpaired) electrons. The molecule has 0 aliphatic carbocycles. The summed E-state index contributed by atoms with van der Waals surface area (Å²) >= 11 is 0. The van der Waals surface area contributed by atoms with Gasteiger partial charge in [0, 0.05) is 13.0 Å². The van der Waals surface area contributed by atoms with E-state index >= 15 is 0 Å². The second-order valence-electron chi connectivity index (χ2n) is 1.77. The minimum atomic E-state index is -3.41. The van der Waals surface area contributed by atoms with E-state index in [0.29, 0.717) is 6.42 Å². The van der Waals surface area contributed by atoms with Crippen LogP contribution in [0.2, 0.25) is 0 Å². The van der Waals surface area contributed by atoms with Crippen LogP contribution in [-0.4, -0.2) is 20.7 Å². The quantitative estimate of drug-likeness (QED) is 0.457. The zero-order chi connectivity index (χ0) is 8.74. The van der Waals surface area contributed by atoms with Crippen LogP contribution in [0.1, 0.15) is 6.42 Å². The maximum Gasteiger partial charge on any atom is 0.225 e. The Bertz CT molecular complexity index is 281. The minimum absolute atomic E-state index is 0.195. The number of nitrogens with one attached hydrogen (secondary N) is 1. The molecule has 0 aromatic rings. The molecule has 11 heavy (non-hydrogen) atoms. The third-order valence-electron chi connectivity index (χ3n) is 0.846. The van der Waals surface area contributed by atoms with Crippen LogP contribution in [0, 0.1) is 23.7 Å². The SMILES string of the molecule is C#CCCNS(=O)(=O)CC#N. The van der Waals surface area contributed by atoms with Gasteiger partial charge in [-0.1, -0.05) is 0 Å². The van der Waals surface area contributed by atoms with Crippen molar-refractivity contribution in [1.29, 1.82) is 5.26 Å². The Morgan fingerprint density at radius 1 is 1.55 bits per heavy atom. The highest BCUT2D eigenvalue weighted by atomic mass is 32.2. The van der Waals surface area contributed by atoms with Crippen molar-refractivity contribution in [2.75, 3.05) is 12.3 Å². The van der Waals surface area contributed by atoms with E-state index in [1.54, 1.807) is 0 Å². The monoisotopic (exact) mass is 172 g/mol. The van der Waals surface area contributed by atoms with Crippen LogP contribution in [0.25, 0.3) is 0 Å². The predicted molar refractivity (Wildman–Crippen MR) is 40.9 cm³/mol. The number of terminal acetylenes is 1. The average molecular weight is 172 g/mol. The van der Waals surface area contributed by atoms with Gasteiger partial charge in [-0.15, -0.1) is 12.3 Å². The van der Waals surface area contributed by atoms with E-state index in [4.69, 9.17) is 11.7 Å². The van der Waals surface area contributed by atoms with Crippen molar-refractivity contribution in [3.8, 4) is 18.4 Å². The van der Waals surface area contributed by atoms with Crippen molar-refractivity contribution in [3.05, 3.63) is 0 Å². The van der Waals surface area contributed by atoms with Crippen LogP contribution in [0.5, 0.6) is 0 Å². The normalized spacial score (nSPS) is 10.0. The Morgan fingerprint density at radius 3 is 2.64 bits per heavy atom. The van der Waals surface area contributed by atoms with Gasteiger partial charge in [-0.25, -0.2) is 13.1 Å². The first-order valence-corrected chi connectivity index (χ1v) is 4.55. The van der Waals surface area contributed by atoms with E-state index in [2.05, 4.69) is 10.6 Å². The lowest BCUT2D eigenvalue weighted by atomic mass is 10.5. The molecular formula is C6H8N2O2S. The number of hydrogen-bond donors (Lipinski definition) is 1. The molecule has 0 bridgehead atoms. The van der Waals surface area contributed by atoms with Gasteiger partial charge < -0.3 is 0 Å². The zero-order valence-electron chi connectivity index (χ0n) is 5.87. The first kappa shape index (κ1) is 9.96. The number of hydrogen-bond acceptors (Lipinski definition) is 3. The van der Waals surface area contributed by atoms with Crippen molar-refractivity contribution in [2.24, 2.45) is 0 Å². The molecule has 1 N–H and O–H groups in total. The van der Waals surface area contributed by atoms with E-state index in [1.807, 2.05) is 0 Å². The summed E-state index contributed by atoms with van der Waals surface area (Å²) in [4.78, 5) is 0. The van der Waals surface area contributed by atoms with Crippen LogP contribution < -0.4 is 4.72 Å². The van der Waals surface area contributed by atoms with E-state index in [9.17, 15) is 8.42 Å². The fraction of sp³-hybridized carbons (Fsp3) is 0.500. The molecule has 0 spiro atoms. The molecule has 0 fully saturated rings. The van der Waals surface area contributed by atoms with Gasteiger partial charge in [-0.2, -0.15) is 5.26 Å². The highest BCUT2D eigenvalue weighted by molar-refractivity contribution is 7.89. The molecule has 60 valence electrons. The van der Waals surface area contributed by atoms with Gasteiger partial charge >= 0.3 is 0 Å². The number of rotatable bonds is 4. The first-order valence-electron chi connectivity index (χ1n) is 2.90. The Labute approximate surface area is 66.3 Å². The molecule has 4 nitrogen and oxygen atoms in total. The Hall–Kier alpha value is -1.04. The van der Waals surface area contributed by atoms with Crippen LogP contribution in [-0.2, 0) is 10.0 Å². The molecule has 0 saturated carbocycles. The van der Waals surface area contributed by atoms with Crippen LogP contribution in [0.3, 0.4) is 0 Å². The second kappa shape index (κ2) is 4.73. The van der Waals surface area contributed by atoms with Crippen molar-refractivity contribution in [1.82, 2.24) is 4.72 Å². The van der Waals surface area contributed by atoms with Gasteiger partial charge in [-0.3, -0.25) is 0 Å². The van der Waals surface area contributed by atoms with Crippen molar-refractivity contribution in [2.45, 2.75) is 6.42 Å². The Morgan fingerprint density at radius 2 is 2.18 bits per heavy atom. The molecule has 0 atom stereocenters. The van der Waals surface area contributed by atoms with Crippen molar-refractivity contribution in [3.63, 3.8) is 0 Å². The van der Waals surface area contributed by atoms with E-state index in [1.165, 1.54) is 6.07 Å². The van der Waals surface area contributed by atoms with Gasteiger partial charge in [0.2, 0.25) is 10.0 Å². The summed E-state index contributed by atoms with van der Waals surface area (Å²) in [6.07, 6.45) is 5.22. The van der Waals surface area contributed by atoms with Crippen molar-refractivity contribution >= 4 is 10.0 Å². The molecule has 0 rings (SSSR count). The Balaban J connectivity index is 3.79. The second-order valence-corrected chi connectivity index (χ2v) is 3.57. The lowest BCUT2D eigenvalue weighted by Gasteiger charge is -1.98. The fourth-order valence-corrected chi connectivity index (χ4v) is 1.10. The summed E-state index contributed by atoms with van der Waals surface area (Å²) in [5.41, 5.74) is 0. The third-order valence-corrected chi connectivity index (χ3v) is 2.00. The lowest BCUT2D eigenvalue weighted by Crippen LogP contribution is -2.26. The van der Waals surface area contributed by atoms with Gasteiger partial charge in [-0.05, 0) is 0 Å². The first-order chi connectivity index (χ1) is 5.12. The van der Waals surface area contributed by atoms with E-state index in [-0.39, 0.29) is 6.54 Å². The maximum atomic E-state index is 10.7. The molecule has 0 aliphatic heterocycles. The highest BCUT2D eigenvalue weighted by Crippen LogP contribution is 1.82. The topological polar surface area (TPSA) is 70.0 Å². The van der Waals surface area contributed by atoms with Crippen LogP contribution in [0.15, 0.2) is 0 Å². The number of nitriles is 1. The summed E-state index contributed by atoms with van der Waals surface area (Å²) < 4.78 is 23.6. The third kappa shape index (κ3) is 5.41. The summed E-state index contributed by atoms with van der Waals surface area (Å²) in [5, 5.41) is 8.05. The molecule has 0 aliphatic rings. The molecule has 5 heteroatoms. The molecule has 0 amide bonds. The summed E-state index contributed by atoms with van der Waals surface area (Å²) in [5.74, 6) is 1.76. The molecule has 0 aromatic heterocycles. The van der Waals surface area contributed by atoms with Gasteiger partial charge in [0.25, 0.3) is 0 Å². The Kier molecular flexibility index (Phi) is 4.28. The average Bonchev–Trinajstić information content (AvgIpc) is 1.87. The minimum Gasteiger partial charge on any atom is -0.213 e. The van der Waals surface area contributed by atoms with Gasteiger partial charge in [0.05, 0.1) is 6.07 Å². The lowest BCUT2D eigenvalue weighted by molar-refractivity contribution is 0.586. The van der Waals surface area contributed by atoms with E-state index in [0.717, 1.165) is 0 Å². The molecule has 0 aromatic carbocycles. The van der Waals surface area contributed by atoms with Crippen LogP contribution in [0.4, 0.5) is 0 Å². The highest BCUT2D eigenvalue weighted by Gasteiger charge is 2.06. The molecular weight excluding hydrogens is 164 g/mol. The summed E-state index contributed by atoms with van der Waals surface area (Å²) in [6, 6.07) is 1.53. The predicted octanol–water partition coefficient (Wildman–Crippen LogP) is -0.547.